The smallest absolute Gasteiger partial charge is 0.172 e. The maximum atomic E-state index is 9.34. The highest BCUT2D eigenvalue weighted by molar-refractivity contribution is 7.99. The van der Waals surface area contributed by atoms with Crippen LogP contribution in [0.5, 0.6) is 0 Å². The monoisotopic (exact) mass is 300 g/mol. The van der Waals surface area contributed by atoms with E-state index in [0.29, 0.717) is 11.5 Å². The molecule has 0 spiro atoms. The molecule has 0 aliphatic heterocycles. The van der Waals surface area contributed by atoms with Crippen LogP contribution in [0, 0.1) is 17.2 Å². The third-order valence-electron chi connectivity index (χ3n) is 3.02. The zero-order chi connectivity index (χ0) is 15.2. The van der Waals surface area contributed by atoms with Gasteiger partial charge < -0.3 is 9.88 Å². The van der Waals surface area contributed by atoms with Crippen LogP contribution in [0.15, 0.2) is 40.6 Å². The lowest BCUT2D eigenvalue weighted by Gasteiger charge is -2.09. The first-order valence-electron chi connectivity index (χ1n) is 6.99. The van der Waals surface area contributed by atoms with Crippen molar-refractivity contribution >= 4 is 11.8 Å². The number of aromatic nitrogens is 2. The van der Waals surface area contributed by atoms with Crippen molar-refractivity contribution in [2.75, 3.05) is 6.54 Å². The SMILES string of the molecule is CC(C)CNCc1ccc(Sc2nccn2C)c(C#N)c1. The minimum Gasteiger partial charge on any atom is -0.329 e. The molecule has 4 nitrogen and oxygen atoms in total. The Kier molecular flexibility index (Phi) is 5.43. The standard InChI is InChI=1S/C16H20N4S/c1-12(2)10-18-11-13-4-5-15(14(8-13)9-17)21-16-19-6-7-20(16)3/h4-8,12,18H,10-11H2,1-3H3. The lowest BCUT2D eigenvalue weighted by atomic mass is 10.1. The molecule has 110 valence electrons. The van der Waals surface area contributed by atoms with Crippen LogP contribution >= 0.6 is 11.8 Å². The van der Waals surface area contributed by atoms with Crippen molar-refractivity contribution in [1.29, 1.82) is 5.26 Å². The van der Waals surface area contributed by atoms with Gasteiger partial charge in [0, 0.05) is 30.9 Å². The van der Waals surface area contributed by atoms with Crippen molar-refractivity contribution in [2.24, 2.45) is 13.0 Å². The molecule has 0 unspecified atom stereocenters. The summed E-state index contributed by atoms with van der Waals surface area (Å²) in [5.41, 5.74) is 1.84. The third-order valence-corrected chi connectivity index (χ3v) is 4.18. The van der Waals surface area contributed by atoms with E-state index in [1.807, 2.05) is 29.9 Å². The van der Waals surface area contributed by atoms with Gasteiger partial charge in [0.1, 0.15) is 6.07 Å². The molecule has 1 aromatic heterocycles. The summed E-state index contributed by atoms with van der Waals surface area (Å²) in [6.07, 6.45) is 3.66. The summed E-state index contributed by atoms with van der Waals surface area (Å²) in [6, 6.07) is 8.31. The van der Waals surface area contributed by atoms with Crippen LogP contribution in [0.2, 0.25) is 0 Å². The van der Waals surface area contributed by atoms with Gasteiger partial charge in [0.05, 0.1) is 5.56 Å². The van der Waals surface area contributed by atoms with Crippen LogP contribution in [0.25, 0.3) is 0 Å². The third kappa shape index (κ3) is 4.35. The molecule has 0 radical (unpaired) electrons. The second-order valence-corrected chi connectivity index (χ2v) is 6.40. The average Bonchev–Trinajstić information content (AvgIpc) is 2.85. The highest BCUT2D eigenvalue weighted by Gasteiger charge is 2.08. The van der Waals surface area contributed by atoms with Crippen molar-refractivity contribution in [3.8, 4) is 6.07 Å². The zero-order valence-electron chi connectivity index (χ0n) is 12.6. The molecule has 2 rings (SSSR count). The molecule has 1 aromatic carbocycles. The van der Waals surface area contributed by atoms with E-state index in [1.165, 1.54) is 11.8 Å². The van der Waals surface area contributed by atoms with E-state index in [0.717, 1.165) is 28.7 Å². The molecule has 1 N–H and O–H groups in total. The molecule has 0 bridgehead atoms. The molecule has 0 fully saturated rings. The number of nitrogens with one attached hydrogen (secondary N) is 1. The number of benzene rings is 1. The summed E-state index contributed by atoms with van der Waals surface area (Å²) >= 11 is 1.52. The van der Waals surface area contributed by atoms with Crippen molar-refractivity contribution in [3.05, 3.63) is 41.7 Å². The molecule has 0 saturated heterocycles. The Morgan fingerprint density at radius 3 is 2.86 bits per heavy atom. The topological polar surface area (TPSA) is 53.6 Å². The van der Waals surface area contributed by atoms with E-state index in [1.54, 1.807) is 6.20 Å². The van der Waals surface area contributed by atoms with Gasteiger partial charge in [-0.3, -0.25) is 0 Å². The first-order valence-corrected chi connectivity index (χ1v) is 7.80. The first kappa shape index (κ1) is 15.6. The largest absolute Gasteiger partial charge is 0.329 e. The van der Waals surface area contributed by atoms with Gasteiger partial charge in [0.15, 0.2) is 5.16 Å². The van der Waals surface area contributed by atoms with Gasteiger partial charge in [-0.05, 0) is 30.2 Å². The number of aryl methyl sites for hydroxylation is 1. The summed E-state index contributed by atoms with van der Waals surface area (Å²) in [4.78, 5) is 5.23. The predicted molar refractivity (Wildman–Crippen MR) is 85.0 cm³/mol. The van der Waals surface area contributed by atoms with Crippen LogP contribution in [0.4, 0.5) is 0 Å². The van der Waals surface area contributed by atoms with Gasteiger partial charge in [0.25, 0.3) is 0 Å². The minimum atomic E-state index is 0.624. The van der Waals surface area contributed by atoms with Crippen molar-refractivity contribution in [3.63, 3.8) is 0 Å². The number of nitrogens with zero attached hydrogens (tertiary/aromatic N) is 3. The van der Waals surface area contributed by atoms with Gasteiger partial charge in [-0.1, -0.05) is 31.7 Å². The molecule has 1 heterocycles. The van der Waals surface area contributed by atoms with E-state index in [4.69, 9.17) is 0 Å². The van der Waals surface area contributed by atoms with Crippen molar-refractivity contribution < 1.29 is 0 Å². The Bertz CT molecular complexity index is 640. The van der Waals surface area contributed by atoms with Crippen LogP contribution in [0.3, 0.4) is 0 Å². The highest BCUT2D eigenvalue weighted by Crippen LogP contribution is 2.29. The van der Waals surface area contributed by atoms with Gasteiger partial charge in [0.2, 0.25) is 0 Å². The Morgan fingerprint density at radius 2 is 2.24 bits per heavy atom. The maximum absolute atomic E-state index is 9.34. The van der Waals surface area contributed by atoms with E-state index in [-0.39, 0.29) is 0 Å². The predicted octanol–water partition coefficient (Wildman–Crippen LogP) is 3.19. The van der Waals surface area contributed by atoms with Crippen LogP contribution in [0.1, 0.15) is 25.0 Å². The Labute approximate surface area is 130 Å². The Balaban J connectivity index is 2.10. The second-order valence-electron chi connectivity index (χ2n) is 5.39. The van der Waals surface area contributed by atoms with Gasteiger partial charge >= 0.3 is 0 Å². The number of hydrogen-bond donors (Lipinski definition) is 1. The molecule has 5 heteroatoms. The fourth-order valence-corrected chi connectivity index (χ4v) is 2.78. The van der Waals surface area contributed by atoms with Crippen molar-refractivity contribution in [2.45, 2.75) is 30.4 Å². The van der Waals surface area contributed by atoms with Gasteiger partial charge in [-0.2, -0.15) is 5.26 Å². The van der Waals surface area contributed by atoms with Crippen LogP contribution in [-0.4, -0.2) is 16.1 Å². The number of nitriles is 1. The summed E-state index contributed by atoms with van der Waals surface area (Å²) < 4.78 is 1.95. The molecule has 0 amide bonds. The van der Waals surface area contributed by atoms with Crippen molar-refractivity contribution in [1.82, 2.24) is 14.9 Å². The molecule has 0 aliphatic carbocycles. The molecule has 21 heavy (non-hydrogen) atoms. The van der Waals surface area contributed by atoms with E-state index in [9.17, 15) is 5.26 Å². The molecule has 0 aliphatic rings. The quantitative estimate of drug-likeness (QED) is 0.890. The van der Waals surface area contributed by atoms with Gasteiger partial charge in [-0.15, -0.1) is 0 Å². The molecule has 2 aromatic rings. The van der Waals surface area contributed by atoms with E-state index < -0.39 is 0 Å². The lowest BCUT2D eigenvalue weighted by molar-refractivity contribution is 0.552. The molecular weight excluding hydrogens is 280 g/mol. The second kappa shape index (κ2) is 7.30. The molecular formula is C16H20N4S. The summed E-state index contributed by atoms with van der Waals surface area (Å²) in [5, 5.41) is 13.6. The zero-order valence-corrected chi connectivity index (χ0v) is 13.4. The maximum Gasteiger partial charge on any atom is 0.172 e. The number of hydrogen-bond acceptors (Lipinski definition) is 4. The lowest BCUT2D eigenvalue weighted by Crippen LogP contribution is -2.18. The van der Waals surface area contributed by atoms with Gasteiger partial charge in [-0.25, -0.2) is 4.98 Å². The highest BCUT2D eigenvalue weighted by atomic mass is 32.2. The molecule has 0 atom stereocenters. The Morgan fingerprint density at radius 1 is 1.43 bits per heavy atom. The van der Waals surface area contributed by atoms with E-state index >= 15 is 0 Å². The summed E-state index contributed by atoms with van der Waals surface area (Å²) in [6.45, 7) is 6.13. The first-order chi connectivity index (χ1) is 10.1. The minimum absolute atomic E-state index is 0.624. The van der Waals surface area contributed by atoms with E-state index in [2.05, 4.69) is 36.3 Å². The summed E-state index contributed by atoms with van der Waals surface area (Å²) in [5.74, 6) is 0.624. The van der Waals surface area contributed by atoms with Crippen LogP contribution in [-0.2, 0) is 13.6 Å². The number of rotatable bonds is 6. The van der Waals surface area contributed by atoms with Crippen LogP contribution < -0.4 is 5.32 Å². The average molecular weight is 300 g/mol. The normalized spacial score (nSPS) is 10.8. The fourth-order valence-electron chi connectivity index (χ4n) is 1.92. The number of imidazole rings is 1. The summed E-state index contributed by atoms with van der Waals surface area (Å²) in [7, 11) is 1.95. The molecule has 0 saturated carbocycles. The fraction of sp³-hybridized carbons (Fsp3) is 0.375. The Hall–Kier alpha value is -1.77.